The quantitative estimate of drug-likeness (QED) is 0.803. The van der Waals surface area contributed by atoms with Crippen LogP contribution < -0.4 is 5.32 Å². The number of amides is 1. The van der Waals surface area contributed by atoms with Crippen molar-refractivity contribution >= 4 is 22.9 Å². The average molecular weight is 313 g/mol. The number of anilines is 1. The molecule has 0 aliphatic heterocycles. The second-order valence-electron chi connectivity index (χ2n) is 4.89. The minimum Gasteiger partial charge on any atom is -0.321 e. The van der Waals surface area contributed by atoms with E-state index in [0.29, 0.717) is 11.4 Å². The van der Waals surface area contributed by atoms with Crippen LogP contribution in [0.15, 0.2) is 36.9 Å². The van der Waals surface area contributed by atoms with E-state index in [-0.39, 0.29) is 5.91 Å². The van der Waals surface area contributed by atoms with Gasteiger partial charge in [-0.3, -0.25) is 4.79 Å². The van der Waals surface area contributed by atoms with Gasteiger partial charge in [-0.15, -0.1) is 11.3 Å². The molecule has 112 valence electrons. The van der Waals surface area contributed by atoms with E-state index in [1.165, 1.54) is 17.7 Å². The van der Waals surface area contributed by atoms with Crippen LogP contribution >= 0.6 is 11.3 Å². The first kappa shape index (κ1) is 14.4. The first-order valence-corrected chi connectivity index (χ1v) is 7.60. The lowest BCUT2D eigenvalue weighted by molar-refractivity contribution is 0.103. The number of hydrogen-bond donors (Lipinski definition) is 1. The lowest BCUT2D eigenvalue weighted by Crippen LogP contribution is -2.11. The summed E-state index contributed by atoms with van der Waals surface area (Å²) in [6.45, 7) is 4.40. The first-order valence-electron chi connectivity index (χ1n) is 6.78. The number of nitrogens with one attached hydrogen (secondary N) is 1. The molecule has 0 saturated carbocycles. The number of aromatic nitrogens is 4. The lowest BCUT2D eigenvalue weighted by atomic mass is 10.2. The Kier molecular flexibility index (Phi) is 3.97. The van der Waals surface area contributed by atoms with Crippen molar-refractivity contribution < 1.29 is 4.79 Å². The number of hydrogen-bond acceptors (Lipinski definition) is 5. The Morgan fingerprint density at radius 1 is 1.27 bits per heavy atom. The van der Waals surface area contributed by atoms with Crippen molar-refractivity contribution in [1.29, 1.82) is 0 Å². The average Bonchev–Trinajstić information content (AvgIpc) is 3.10. The van der Waals surface area contributed by atoms with E-state index in [1.807, 2.05) is 38.1 Å². The van der Waals surface area contributed by atoms with Gasteiger partial charge in [0.05, 0.1) is 17.2 Å². The van der Waals surface area contributed by atoms with E-state index in [4.69, 9.17) is 0 Å². The molecular formula is C15H15N5OS. The molecule has 0 fully saturated rings. The summed E-state index contributed by atoms with van der Waals surface area (Å²) in [5.41, 5.74) is 2.62. The van der Waals surface area contributed by atoms with Crippen LogP contribution in [0, 0.1) is 13.8 Å². The molecule has 0 aliphatic rings. The van der Waals surface area contributed by atoms with Gasteiger partial charge < -0.3 is 5.32 Å². The molecule has 0 bridgehead atoms. The van der Waals surface area contributed by atoms with Gasteiger partial charge in [-0.05, 0) is 31.5 Å². The molecule has 3 aromatic rings. The van der Waals surface area contributed by atoms with Gasteiger partial charge in [0.15, 0.2) is 0 Å². The Labute approximate surface area is 131 Å². The van der Waals surface area contributed by atoms with Crippen LogP contribution in [0.3, 0.4) is 0 Å². The summed E-state index contributed by atoms with van der Waals surface area (Å²) < 4.78 is 1.75. The molecule has 1 amide bonds. The second-order valence-corrected chi connectivity index (χ2v) is 6.09. The number of carbonyl (C=O) groups is 1. The van der Waals surface area contributed by atoms with E-state index in [9.17, 15) is 4.79 Å². The third-order valence-corrected chi connectivity index (χ3v) is 4.20. The maximum absolute atomic E-state index is 12.2. The van der Waals surface area contributed by atoms with Crippen LogP contribution in [-0.4, -0.2) is 25.7 Å². The van der Waals surface area contributed by atoms with Crippen molar-refractivity contribution in [3.63, 3.8) is 0 Å². The third kappa shape index (κ3) is 3.20. The minimum absolute atomic E-state index is 0.118. The SMILES string of the molecule is Cc1nc(C)c(C(=O)Nc2ccc(Cn3cncn3)cc2)s1. The Hall–Kier alpha value is -2.54. The van der Waals surface area contributed by atoms with Crippen LogP contribution in [-0.2, 0) is 6.54 Å². The highest BCUT2D eigenvalue weighted by Crippen LogP contribution is 2.19. The summed E-state index contributed by atoms with van der Waals surface area (Å²) in [4.78, 5) is 21.1. The zero-order chi connectivity index (χ0) is 15.5. The molecule has 0 radical (unpaired) electrons. The van der Waals surface area contributed by atoms with Crippen LogP contribution in [0.4, 0.5) is 5.69 Å². The number of benzene rings is 1. The summed E-state index contributed by atoms with van der Waals surface area (Å²) in [6, 6.07) is 7.69. The van der Waals surface area contributed by atoms with Gasteiger partial charge in [0.1, 0.15) is 17.5 Å². The van der Waals surface area contributed by atoms with E-state index in [0.717, 1.165) is 22.0 Å². The fraction of sp³-hybridized carbons (Fsp3) is 0.200. The molecule has 1 N–H and O–H groups in total. The molecule has 1 aromatic carbocycles. The van der Waals surface area contributed by atoms with Gasteiger partial charge >= 0.3 is 0 Å². The predicted octanol–water partition coefficient (Wildman–Crippen LogP) is 2.65. The molecule has 0 spiro atoms. The molecule has 0 aliphatic carbocycles. The van der Waals surface area contributed by atoms with Crippen molar-refractivity contribution in [3.8, 4) is 0 Å². The van der Waals surface area contributed by atoms with E-state index in [1.54, 1.807) is 11.0 Å². The van der Waals surface area contributed by atoms with E-state index in [2.05, 4.69) is 20.4 Å². The van der Waals surface area contributed by atoms with Gasteiger partial charge in [-0.2, -0.15) is 5.10 Å². The van der Waals surface area contributed by atoms with Gasteiger partial charge in [-0.25, -0.2) is 14.6 Å². The minimum atomic E-state index is -0.118. The number of aryl methyl sites for hydroxylation is 2. The Morgan fingerprint density at radius 2 is 2.05 bits per heavy atom. The largest absolute Gasteiger partial charge is 0.321 e. The topological polar surface area (TPSA) is 72.7 Å². The summed E-state index contributed by atoms with van der Waals surface area (Å²) in [7, 11) is 0. The second kappa shape index (κ2) is 6.07. The van der Waals surface area contributed by atoms with Crippen LogP contribution in [0.5, 0.6) is 0 Å². The standard InChI is InChI=1S/C15H15N5OS/c1-10-14(22-11(2)18-10)15(21)19-13-5-3-12(4-6-13)7-20-9-16-8-17-20/h3-6,8-9H,7H2,1-2H3,(H,19,21). The summed E-state index contributed by atoms with van der Waals surface area (Å²) in [5, 5.41) is 7.85. The number of nitrogens with zero attached hydrogens (tertiary/aromatic N) is 4. The van der Waals surface area contributed by atoms with E-state index >= 15 is 0 Å². The third-order valence-electron chi connectivity index (χ3n) is 3.13. The predicted molar refractivity (Wildman–Crippen MR) is 85.1 cm³/mol. The Morgan fingerprint density at radius 3 is 2.64 bits per heavy atom. The molecule has 7 heteroatoms. The van der Waals surface area contributed by atoms with Crippen molar-refractivity contribution in [2.24, 2.45) is 0 Å². The molecule has 6 nitrogen and oxygen atoms in total. The van der Waals surface area contributed by atoms with Gasteiger partial charge in [-0.1, -0.05) is 12.1 Å². The van der Waals surface area contributed by atoms with Crippen molar-refractivity contribution in [2.75, 3.05) is 5.32 Å². The monoisotopic (exact) mass is 313 g/mol. The fourth-order valence-corrected chi connectivity index (χ4v) is 2.94. The van der Waals surface area contributed by atoms with Gasteiger partial charge in [0.2, 0.25) is 0 Å². The van der Waals surface area contributed by atoms with Crippen molar-refractivity contribution in [3.05, 3.63) is 58.1 Å². The highest BCUT2D eigenvalue weighted by atomic mass is 32.1. The van der Waals surface area contributed by atoms with Crippen LogP contribution in [0.1, 0.15) is 25.9 Å². The zero-order valence-corrected chi connectivity index (χ0v) is 13.1. The Bertz CT molecular complexity index is 777. The molecule has 22 heavy (non-hydrogen) atoms. The number of thiazole rings is 1. The fourth-order valence-electron chi connectivity index (χ4n) is 2.12. The first-order chi connectivity index (χ1) is 10.6. The smallest absolute Gasteiger partial charge is 0.267 e. The lowest BCUT2D eigenvalue weighted by Gasteiger charge is -2.06. The highest BCUT2D eigenvalue weighted by molar-refractivity contribution is 7.13. The summed E-state index contributed by atoms with van der Waals surface area (Å²) >= 11 is 1.41. The summed E-state index contributed by atoms with van der Waals surface area (Å²) in [5.74, 6) is -0.118. The molecule has 0 unspecified atom stereocenters. The molecule has 2 heterocycles. The van der Waals surface area contributed by atoms with Crippen LogP contribution in [0.25, 0.3) is 0 Å². The van der Waals surface area contributed by atoms with Crippen molar-refractivity contribution in [2.45, 2.75) is 20.4 Å². The van der Waals surface area contributed by atoms with E-state index < -0.39 is 0 Å². The Balaban J connectivity index is 1.68. The number of carbonyl (C=O) groups excluding carboxylic acids is 1. The molecule has 0 atom stereocenters. The molecule has 3 rings (SSSR count). The van der Waals surface area contributed by atoms with Gasteiger partial charge in [0.25, 0.3) is 5.91 Å². The maximum Gasteiger partial charge on any atom is 0.267 e. The number of rotatable bonds is 4. The maximum atomic E-state index is 12.2. The van der Waals surface area contributed by atoms with Crippen molar-refractivity contribution in [1.82, 2.24) is 19.7 Å². The highest BCUT2D eigenvalue weighted by Gasteiger charge is 2.13. The summed E-state index contributed by atoms with van der Waals surface area (Å²) in [6.07, 6.45) is 3.18. The molecular weight excluding hydrogens is 298 g/mol. The normalized spacial score (nSPS) is 10.6. The molecule has 2 aromatic heterocycles. The van der Waals surface area contributed by atoms with Crippen LogP contribution in [0.2, 0.25) is 0 Å². The zero-order valence-electron chi connectivity index (χ0n) is 12.3. The molecule has 0 saturated heterocycles. The van der Waals surface area contributed by atoms with Gasteiger partial charge in [0, 0.05) is 5.69 Å².